The lowest BCUT2D eigenvalue weighted by molar-refractivity contribution is 0.0701. The Labute approximate surface area is 113 Å². The maximum atomic E-state index is 11.4. The molecule has 0 fully saturated rings. The number of benzene rings is 1. The number of aromatic carboxylic acids is 1. The van der Waals surface area contributed by atoms with Gasteiger partial charge in [0.15, 0.2) is 5.78 Å². The van der Waals surface area contributed by atoms with E-state index in [1.54, 1.807) is 13.0 Å². The molecule has 19 heavy (non-hydrogen) atoms. The maximum Gasteiger partial charge on any atom is 0.347 e. The zero-order valence-electron chi connectivity index (χ0n) is 10.3. The van der Waals surface area contributed by atoms with Crippen LogP contribution in [0, 0.1) is 6.92 Å². The van der Waals surface area contributed by atoms with Crippen molar-refractivity contribution in [3.8, 4) is 16.3 Å². The molecule has 0 unspecified atom stereocenters. The zero-order valence-corrected chi connectivity index (χ0v) is 11.1. The second-order valence-corrected chi connectivity index (χ2v) is 5.03. The Hall–Kier alpha value is -2.21. The van der Waals surface area contributed by atoms with E-state index >= 15 is 0 Å². The number of hydrogen-bond donors (Lipinski definition) is 2. The Morgan fingerprint density at radius 2 is 2.00 bits per heavy atom. The molecule has 0 atom stereocenters. The van der Waals surface area contributed by atoms with Gasteiger partial charge in [-0.25, -0.2) is 9.78 Å². The number of carbonyl (C=O) groups excluding carboxylic acids is 1. The van der Waals surface area contributed by atoms with Crippen LogP contribution < -0.4 is 0 Å². The number of aryl methyl sites for hydroxylation is 1. The van der Waals surface area contributed by atoms with Crippen LogP contribution in [-0.4, -0.2) is 26.9 Å². The number of aromatic hydroxyl groups is 1. The number of rotatable bonds is 3. The molecule has 0 aliphatic rings. The molecule has 1 aromatic heterocycles. The molecule has 0 aliphatic carbocycles. The largest absolute Gasteiger partial charge is 0.507 e. The summed E-state index contributed by atoms with van der Waals surface area (Å²) in [4.78, 5) is 26.7. The third-order valence-electron chi connectivity index (χ3n) is 2.61. The van der Waals surface area contributed by atoms with Gasteiger partial charge in [0.25, 0.3) is 0 Å². The van der Waals surface area contributed by atoms with Crippen LogP contribution in [0.1, 0.15) is 32.6 Å². The molecule has 0 bridgehead atoms. The van der Waals surface area contributed by atoms with Crippen molar-refractivity contribution in [1.29, 1.82) is 0 Å². The van der Waals surface area contributed by atoms with Crippen molar-refractivity contribution in [3.63, 3.8) is 0 Å². The zero-order chi connectivity index (χ0) is 14.2. The summed E-state index contributed by atoms with van der Waals surface area (Å²) in [6.45, 7) is 2.98. The molecule has 0 aliphatic heterocycles. The first-order valence-corrected chi connectivity index (χ1v) is 6.27. The molecule has 0 saturated heterocycles. The minimum Gasteiger partial charge on any atom is -0.507 e. The molecule has 1 heterocycles. The van der Waals surface area contributed by atoms with Crippen molar-refractivity contribution < 1.29 is 19.8 Å². The minimum atomic E-state index is -1.02. The van der Waals surface area contributed by atoms with E-state index in [9.17, 15) is 14.7 Å². The number of carboxylic acid groups (broad SMARTS) is 1. The van der Waals surface area contributed by atoms with Crippen molar-refractivity contribution in [2.24, 2.45) is 0 Å². The maximum absolute atomic E-state index is 11.4. The van der Waals surface area contributed by atoms with Crippen LogP contribution in [0.3, 0.4) is 0 Å². The van der Waals surface area contributed by atoms with Crippen LogP contribution in [0.15, 0.2) is 18.2 Å². The summed E-state index contributed by atoms with van der Waals surface area (Å²) >= 11 is 1.04. The van der Waals surface area contributed by atoms with E-state index in [1.165, 1.54) is 19.1 Å². The van der Waals surface area contributed by atoms with Crippen LogP contribution in [0.25, 0.3) is 10.6 Å². The predicted octanol–water partition coefficient (Wildman–Crippen LogP) is 2.72. The van der Waals surface area contributed by atoms with Crippen molar-refractivity contribution in [2.75, 3.05) is 0 Å². The minimum absolute atomic E-state index is 0.0945. The first-order valence-electron chi connectivity index (χ1n) is 5.45. The van der Waals surface area contributed by atoms with Crippen LogP contribution in [0.4, 0.5) is 0 Å². The SMILES string of the molecule is CC(=O)c1cc(-c2nc(C)c(C(=O)O)s2)ccc1O. The number of phenolic OH excluding ortho intramolecular Hbond substituents is 1. The Morgan fingerprint density at radius 3 is 2.53 bits per heavy atom. The van der Waals surface area contributed by atoms with E-state index in [1.807, 2.05) is 0 Å². The van der Waals surface area contributed by atoms with E-state index in [0.717, 1.165) is 11.3 Å². The normalized spacial score (nSPS) is 10.4. The van der Waals surface area contributed by atoms with E-state index in [-0.39, 0.29) is 22.0 Å². The van der Waals surface area contributed by atoms with Gasteiger partial charge in [-0.2, -0.15) is 0 Å². The fourth-order valence-electron chi connectivity index (χ4n) is 1.67. The van der Waals surface area contributed by atoms with Crippen molar-refractivity contribution >= 4 is 23.1 Å². The summed E-state index contributed by atoms with van der Waals surface area (Å²) in [5, 5.41) is 19.1. The molecule has 0 saturated carbocycles. The van der Waals surface area contributed by atoms with Gasteiger partial charge in [-0.15, -0.1) is 11.3 Å². The van der Waals surface area contributed by atoms with Crippen LogP contribution in [0.2, 0.25) is 0 Å². The molecule has 0 spiro atoms. The standard InChI is InChI=1S/C13H11NO4S/c1-6-11(13(17)18)19-12(14-6)8-3-4-10(16)9(5-8)7(2)15/h3-5,16H,1-2H3,(H,17,18). The molecule has 1 aromatic carbocycles. The Bertz CT molecular complexity index is 675. The fourth-order valence-corrected chi connectivity index (χ4v) is 2.57. The lowest BCUT2D eigenvalue weighted by atomic mass is 10.1. The molecule has 2 aromatic rings. The van der Waals surface area contributed by atoms with Crippen LogP contribution in [0.5, 0.6) is 5.75 Å². The first-order chi connectivity index (χ1) is 8.90. The van der Waals surface area contributed by atoms with Crippen molar-refractivity contribution in [3.05, 3.63) is 34.3 Å². The number of phenols is 1. The Balaban J connectivity index is 2.53. The van der Waals surface area contributed by atoms with Crippen LogP contribution >= 0.6 is 11.3 Å². The average molecular weight is 277 g/mol. The summed E-state index contributed by atoms with van der Waals surface area (Å²) in [6.07, 6.45) is 0. The average Bonchev–Trinajstić information content (AvgIpc) is 2.71. The summed E-state index contributed by atoms with van der Waals surface area (Å²) in [5.41, 5.74) is 1.25. The number of Topliss-reactive ketones (excluding diaryl/α,β-unsaturated/α-hetero) is 1. The number of aromatic nitrogens is 1. The third-order valence-corrected chi connectivity index (χ3v) is 3.81. The van der Waals surface area contributed by atoms with Gasteiger partial charge >= 0.3 is 5.97 Å². The number of ketones is 1. The summed E-state index contributed by atoms with van der Waals surface area (Å²) in [5.74, 6) is -1.37. The van der Waals surface area contributed by atoms with Gasteiger partial charge in [-0.1, -0.05) is 0 Å². The highest BCUT2D eigenvalue weighted by molar-refractivity contribution is 7.17. The number of nitrogens with zero attached hydrogens (tertiary/aromatic N) is 1. The fraction of sp³-hybridized carbons (Fsp3) is 0.154. The van der Waals surface area contributed by atoms with Gasteiger partial charge in [0.2, 0.25) is 0 Å². The highest BCUT2D eigenvalue weighted by Crippen LogP contribution is 2.31. The molecule has 0 radical (unpaired) electrons. The molecule has 98 valence electrons. The smallest absolute Gasteiger partial charge is 0.347 e. The highest BCUT2D eigenvalue weighted by Gasteiger charge is 2.16. The first kappa shape index (κ1) is 13.2. The summed E-state index contributed by atoms with van der Waals surface area (Å²) < 4.78 is 0. The van der Waals surface area contributed by atoms with Gasteiger partial charge in [0, 0.05) is 5.56 Å². The lowest BCUT2D eigenvalue weighted by Crippen LogP contribution is -1.94. The van der Waals surface area contributed by atoms with E-state index in [2.05, 4.69) is 4.98 Å². The molecule has 6 heteroatoms. The molecular formula is C13H11NO4S. The third kappa shape index (κ3) is 2.48. The number of hydrogen-bond acceptors (Lipinski definition) is 5. The van der Waals surface area contributed by atoms with Crippen molar-refractivity contribution in [2.45, 2.75) is 13.8 Å². The van der Waals surface area contributed by atoms with Crippen LogP contribution in [-0.2, 0) is 0 Å². The van der Waals surface area contributed by atoms with E-state index in [0.29, 0.717) is 16.3 Å². The van der Waals surface area contributed by atoms with Gasteiger partial charge in [-0.05, 0) is 32.0 Å². The lowest BCUT2D eigenvalue weighted by Gasteiger charge is -2.02. The summed E-state index contributed by atoms with van der Waals surface area (Å²) in [6, 6.07) is 4.52. The predicted molar refractivity (Wildman–Crippen MR) is 70.9 cm³/mol. The molecular weight excluding hydrogens is 266 g/mol. The van der Waals surface area contributed by atoms with Crippen molar-refractivity contribution in [1.82, 2.24) is 4.98 Å². The van der Waals surface area contributed by atoms with E-state index in [4.69, 9.17) is 5.11 Å². The number of thiazole rings is 1. The van der Waals surface area contributed by atoms with Gasteiger partial charge < -0.3 is 10.2 Å². The second-order valence-electron chi connectivity index (χ2n) is 4.03. The highest BCUT2D eigenvalue weighted by atomic mass is 32.1. The number of carboxylic acids is 1. The monoisotopic (exact) mass is 277 g/mol. The Kier molecular flexibility index (Phi) is 3.35. The van der Waals surface area contributed by atoms with Gasteiger partial charge in [0.1, 0.15) is 15.6 Å². The summed E-state index contributed by atoms with van der Waals surface area (Å²) in [7, 11) is 0. The van der Waals surface area contributed by atoms with Gasteiger partial charge in [-0.3, -0.25) is 4.79 Å². The Morgan fingerprint density at radius 1 is 1.32 bits per heavy atom. The molecule has 5 nitrogen and oxygen atoms in total. The molecule has 0 amide bonds. The van der Waals surface area contributed by atoms with E-state index < -0.39 is 5.97 Å². The second kappa shape index (κ2) is 4.81. The quantitative estimate of drug-likeness (QED) is 0.842. The van der Waals surface area contributed by atoms with Gasteiger partial charge in [0.05, 0.1) is 11.3 Å². The molecule has 2 rings (SSSR count). The number of carbonyl (C=O) groups is 2. The molecule has 2 N–H and O–H groups in total. The topological polar surface area (TPSA) is 87.5 Å².